The van der Waals surface area contributed by atoms with Crippen molar-refractivity contribution in [2.75, 3.05) is 6.61 Å². The van der Waals surface area contributed by atoms with Gasteiger partial charge in [-0.2, -0.15) is 0 Å². The van der Waals surface area contributed by atoms with Crippen LogP contribution in [0.3, 0.4) is 0 Å². The lowest BCUT2D eigenvalue weighted by atomic mass is 9.99. The maximum absolute atomic E-state index is 10.4. The van der Waals surface area contributed by atoms with Gasteiger partial charge in [-0.3, -0.25) is 4.79 Å². The van der Waals surface area contributed by atoms with Crippen molar-refractivity contribution in [3.8, 4) is 5.75 Å². The topological polar surface area (TPSA) is 46.5 Å². The number of ether oxygens (including phenoxy) is 1. The minimum Gasteiger partial charge on any atom is -0.494 e. The largest absolute Gasteiger partial charge is 0.494 e. The van der Waals surface area contributed by atoms with Gasteiger partial charge in [0.1, 0.15) is 5.75 Å². The van der Waals surface area contributed by atoms with Crippen LogP contribution in [0.4, 0.5) is 0 Å². The Balaban J connectivity index is 0.00000149. The predicted octanol–water partition coefficient (Wildman–Crippen LogP) is 5.72. The Bertz CT molecular complexity index is 398. The molecule has 0 bridgehead atoms. The van der Waals surface area contributed by atoms with Crippen molar-refractivity contribution in [1.82, 2.24) is 0 Å². The number of aliphatic carboxylic acids is 1. The van der Waals surface area contributed by atoms with E-state index in [1.807, 2.05) is 12.1 Å². The zero-order valence-electron chi connectivity index (χ0n) is 15.3. The fourth-order valence-corrected chi connectivity index (χ4v) is 2.01. The van der Waals surface area contributed by atoms with Crippen molar-refractivity contribution in [2.24, 2.45) is 5.92 Å². The first-order valence-electron chi connectivity index (χ1n) is 8.96. The van der Waals surface area contributed by atoms with Crippen molar-refractivity contribution < 1.29 is 14.6 Å². The molecule has 1 atom stereocenters. The standard InChI is InChI=1S/C17H26O3.C3H8/c1-3-14(2)13-15-8-10-16(11-9-15)20-12-6-4-5-7-17(18)19;1-3-2/h8-11,14H,3-7,12-13H2,1-2H3,(H,18,19);3H2,1-2H3. The number of unbranched alkanes of at least 4 members (excludes halogenated alkanes) is 2. The molecule has 0 aliphatic carbocycles. The smallest absolute Gasteiger partial charge is 0.303 e. The zero-order chi connectivity index (χ0) is 17.5. The van der Waals surface area contributed by atoms with Gasteiger partial charge in [0, 0.05) is 6.42 Å². The van der Waals surface area contributed by atoms with Gasteiger partial charge >= 0.3 is 5.97 Å². The van der Waals surface area contributed by atoms with Crippen LogP contribution in [0.25, 0.3) is 0 Å². The van der Waals surface area contributed by atoms with E-state index in [2.05, 4.69) is 39.8 Å². The molecule has 0 radical (unpaired) electrons. The third kappa shape index (κ3) is 12.7. The Kier molecular flexibility index (Phi) is 13.2. The number of carbonyl (C=O) groups is 1. The number of carboxylic acids is 1. The molecule has 0 saturated heterocycles. The van der Waals surface area contributed by atoms with Gasteiger partial charge in [0.25, 0.3) is 0 Å². The third-order valence-electron chi connectivity index (χ3n) is 3.51. The van der Waals surface area contributed by atoms with Crippen LogP contribution in [-0.2, 0) is 11.2 Å². The molecule has 0 heterocycles. The van der Waals surface area contributed by atoms with Gasteiger partial charge in [0.05, 0.1) is 6.61 Å². The van der Waals surface area contributed by atoms with Gasteiger partial charge in [0.2, 0.25) is 0 Å². The highest BCUT2D eigenvalue weighted by Gasteiger charge is 2.02. The van der Waals surface area contributed by atoms with Crippen LogP contribution < -0.4 is 4.74 Å². The Morgan fingerprint density at radius 2 is 1.70 bits per heavy atom. The summed E-state index contributed by atoms with van der Waals surface area (Å²) in [4.78, 5) is 10.4. The molecule has 0 amide bonds. The zero-order valence-corrected chi connectivity index (χ0v) is 15.3. The van der Waals surface area contributed by atoms with Crippen molar-refractivity contribution in [1.29, 1.82) is 0 Å². The van der Waals surface area contributed by atoms with E-state index in [1.54, 1.807) is 0 Å². The number of benzene rings is 1. The first kappa shape index (κ1) is 21.5. The molecular weight excluding hydrogens is 288 g/mol. The Hall–Kier alpha value is -1.51. The summed E-state index contributed by atoms with van der Waals surface area (Å²) in [6.45, 7) is 9.39. The van der Waals surface area contributed by atoms with Gasteiger partial charge in [0.15, 0.2) is 0 Å². The second kappa shape index (κ2) is 14.1. The van der Waals surface area contributed by atoms with Crippen LogP contribution in [-0.4, -0.2) is 17.7 Å². The second-order valence-electron chi connectivity index (χ2n) is 6.12. The molecule has 0 aromatic heterocycles. The monoisotopic (exact) mass is 322 g/mol. The molecule has 1 unspecified atom stereocenters. The summed E-state index contributed by atoms with van der Waals surface area (Å²) in [5, 5.41) is 8.52. The summed E-state index contributed by atoms with van der Waals surface area (Å²) >= 11 is 0. The fourth-order valence-electron chi connectivity index (χ4n) is 2.01. The molecule has 0 aliphatic heterocycles. The van der Waals surface area contributed by atoms with Crippen LogP contribution in [0.2, 0.25) is 0 Å². The van der Waals surface area contributed by atoms with Crippen LogP contribution in [0.5, 0.6) is 5.75 Å². The summed E-state index contributed by atoms with van der Waals surface area (Å²) in [5.74, 6) is 0.898. The molecule has 3 nitrogen and oxygen atoms in total. The van der Waals surface area contributed by atoms with E-state index in [1.165, 1.54) is 18.4 Å². The summed E-state index contributed by atoms with van der Waals surface area (Å²) in [7, 11) is 0. The minimum absolute atomic E-state index is 0.254. The second-order valence-corrected chi connectivity index (χ2v) is 6.12. The van der Waals surface area contributed by atoms with E-state index in [0.29, 0.717) is 6.61 Å². The lowest BCUT2D eigenvalue weighted by Crippen LogP contribution is -2.00. The minimum atomic E-state index is -0.720. The van der Waals surface area contributed by atoms with Crippen molar-refractivity contribution in [2.45, 2.75) is 72.6 Å². The molecule has 1 N–H and O–H groups in total. The molecule has 3 heteroatoms. The molecule has 0 fully saturated rings. The average Bonchev–Trinajstić information content (AvgIpc) is 2.52. The van der Waals surface area contributed by atoms with E-state index >= 15 is 0 Å². The number of hydrogen-bond acceptors (Lipinski definition) is 2. The number of carboxylic acid groups (broad SMARTS) is 1. The van der Waals surface area contributed by atoms with Crippen molar-refractivity contribution in [3.63, 3.8) is 0 Å². The molecule has 1 rings (SSSR count). The van der Waals surface area contributed by atoms with E-state index in [4.69, 9.17) is 9.84 Å². The molecule has 0 spiro atoms. The summed E-state index contributed by atoms with van der Waals surface area (Å²) in [6, 6.07) is 8.31. The first-order valence-corrected chi connectivity index (χ1v) is 8.96. The fraction of sp³-hybridized carbons (Fsp3) is 0.650. The molecule has 1 aromatic rings. The van der Waals surface area contributed by atoms with Gasteiger partial charge in [-0.25, -0.2) is 0 Å². The highest BCUT2D eigenvalue weighted by atomic mass is 16.5. The highest BCUT2D eigenvalue weighted by Crippen LogP contribution is 2.16. The van der Waals surface area contributed by atoms with E-state index < -0.39 is 5.97 Å². The Morgan fingerprint density at radius 1 is 1.09 bits per heavy atom. The van der Waals surface area contributed by atoms with Crippen LogP contribution >= 0.6 is 0 Å². The number of hydrogen-bond donors (Lipinski definition) is 1. The molecule has 1 aromatic carbocycles. The third-order valence-corrected chi connectivity index (χ3v) is 3.51. The van der Waals surface area contributed by atoms with Gasteiger partial charge in [-0.05, 0) is 49.3 Å². The SMILES string of the molecule is CCC.CCC(C)Cc1ccc(OCCCCCC(=O)O)cc1. The van der Waals surface area contributed by atoms with Crippen molar-refractivity contribution >= 4 is 5.97 Å². The van der Waals surface area contributed by atoms with Crippen LogP contribution in [0.15, 0.2) is 24.3 Å². The molecular formula is C20H34O3. The number of rotatable bonds is 10. The summed E-state index contributed by atoms with van der Waals surface area (Å²) in [5.41, 5.74) is 1.35. The maximum Gasteiger partial charge on any atom is 0.303 e. The predicted molar refractivity (Wildman–Crippen MR) is 97.2 cm³/mol. The molecule has 0 aliphatic rings. The Labute approximate surface area is 142 Å². The van der Waals surface area contributed by atoms with Crippen LogP contribution in [0.1, 0.15) is 71.8 Å². The van der Waals surface area contributed by atoms with Gasteiger partial charge in [-0.15, -0.1) is 0 Å². The average molecular weight is 322 g/mol. The summed E-state index contributed by atoms with van der Waals surface area (Å²) in [6.07, 6.45) is 6.36. The lowest BCUT2D eigenvalue weighted by Gasteiger charge is -2.10. The lowest BCUT2D eigenvalue weighted by molar-refractivity contribution is -0.137. The van der Waals surface area contributed by atoms with E-state index in [9.17, 15) is 4.79 Å². The Morgan fingerprint density at radius 3 is 2.22 bits per heavy atom. The quantitative estimate of drug-likeness (QED) is 0.561. The van der Waals surface area contributed by atoms with E-state index in [-0.39, 0.29) is 6.42 Å². The van der Waals surface area contributed by atoms with Gasteiger partial charge < -0.3 is 9.84 Å². The molecule has 23 heavy (non-hydrogen) atoms. The maximum atomic E-state index is 10.4. The molecule has 132 valence electrons. The van der Waals surface area contributed by atoms with Crippen LogP contribution in [0, 0.1) is 5.92 Å². The van der Waals surface area contributed by atoms with Gasteiger partial charge in [-0.1, -0.05) is 52.7 Å². The highest BCUT2D eigenvalue weighted by molar-refractivity contribution is 5.66. The summed E-state index contributed by atoms with van der Waals surface area (Å²) < 4.78 is 5.65. The molecule has 0 saturated carbocycles. The van der Waals surface area contributed by atoms with E-state index in [0.717, 1.165) is 37.4 Å². The van der Waals surface area contributed by atoms with Crippen molar-refractivity contribution in [3.05, 3.63) is 29.8 Å². The first-order chi connectivity index (χ1) is 11.0. The normalized spacial score (nSPS) is 11.3.